The van der Waals surface area contributed by atoms with E-state index in [1.807, 2.05) is 29.2 Å². The van der Waals surface area contributed by atoms with Gasteiger partial charge in [-0.1, -0.05) is 23.7 Å². The predicted octanol–water partition coefficient (Wildman–Crippen LogP) is 2.37. The van der Waals surface area contributed by atoms with E-state index >= 15 is 0 Å². The second-order valence-corrected chi connectivity index (χ2v) is 7.16. The molecular weight excluding hydrogens is 368 g/mol. The number of rotatable bonds is 7. The molecule has 1 fully saturated rings. The minimum atomic E-state index is -0.487. The molecule has 0 unspecified atom stereocenters. The summed E-state index contributed by atoms with van der Waals surface area (Å²) in [7, 11) is 0. The van der Waals surface area contributed by atoms with Gasteiger partial charge in [-0.3, -0.25) is 14.4 Å². The van der Waals surface area contributed by atoms with Gasteiger partial charge in [-0.25, -0.2) is 0 Å². The molecule has 27 heavy (non-hydrogen) atoms. The van der Waals surface area contributed by atoms with Crippen LogP contribution < -0.4 is 21.1 Å². The van der Waals surface area contributed by atoms with E-state index in [1.54, 1.807) is 6.92 Å². The summed E-state index contributed by atoms with van der Waals surface area (Å²) in [6.45, 7) is 3.72. The molecule has 1 saturated heterocycles. The standard InChI is InChI=1S/C20H23ClN2O4/c1-2-27-20(26)14-4-3-11-23(12-14)17-16(18(24)19(17)25)22-10-9-13-5-7-15(21)8-6-13/h5-8,14,22H,2-4,9-12H2,1H3/t14-/m1/s1. The summed E-state index contributed by atoms with van der Waals surface area (Å²) in [5.74, 6) is -0.497. The lowest BCUT2D eigenvalue weighted by Crippen LogP contribution is -2.47. The van der Waals surface area contributed by atoms with Crippen LogP contribution in [-0.2, 0) is 16.0 Å². The summed E-state index contributed by atoms with van der Waals surface area (Å²) >= 11 is 5.88. The molecule has 1 heterocycles. The van der Waals surface area contributed by atoms with Crippen molar-refractivity contribution >= 4 is 28.9 Å². The summed E-state index contributed by atoms with van der Waals surface area (Å²) in [4.78, 5) is 38.0. The van der Waals surface area contributed by atoms with Crippen molar-refractivity contribution in [2.75, 3.05) is 36.5 Å². The smallest absolute Gasteiger partial charge is 0.310 e. The highest BCUT2D eigenvalue weighted by Crippen LogP contribution is 2.27. The average Bonchev–Trinajstić information content (AvgIpc) is 2.68. The van der Waals surface area contributed by atoms with E-state index in [1.165, 1.54) is 0 Å². The molecule has 0 spiro atoms. The van der Waals surface area contributed by atoms with E-state index < -0.39 is 10.9 Å². The average molecular weight is 391 g/mol. The summed E-state index contributed by atoms with van der Waals surface area (Å²) in [5, 5.41) is 3.78. The molecule has 0 amide bonds. The van der Waals surface area contributed by atoms with Gasteiger partial charge in [-0.2, -0.15) is 0 Å². The molecule has 0 bridgehead atoms. The summed E-state index contributed by atoms with van der Waals surface area (Å²) in [6.07, 6.45) is 2.23. The molecular formula is C20H23ClN2O4. The minimum Gasteiger partial charge on any atom is -0.466 e. The van der Waals surface area contributed by atoms with Crippen molar-refractivity contribution in [3.8, 4) is 0 Å². The van der Waals surface area contributed by atoms with Crippen LogP contribution in [0.15, 0.2) is 33.9 Å². The van der Waals surface area contributed by atoms with Crippen LogP contribution in [0.25, 0.3) is 0 Å². The van der Waals surface area contributed by atoms with E-state index in [2.05, 4.69) is 5.32 Å². The highest BCUT2D eigenvalue weighted by atomic mass is 35.5. The summed E-state index contributed by atoms with van der Waals surface area (Å²) in [6, 6.07) is 7.51. The predicted molar refractivity (Wildman–Crippen MR) is 107 cm³/mol. The highest BCUT2D eigenvalue weighted by molar-refractivity contribution is 6.30. The monoisotopic (exact) mass is 390 g/mol. The summed E-state index contributed by atoms with van der Waals surface area (Å²) in [5.41, 5.74) is 0.893. The fourth-order valence-electron chi connectivity index (χ4n) is 3.46. The Balaban J connectivity index is 1.64. The van der Waals surface area contributed by atoms with Gasteiger partial charge in [0.05, 0.1) is 12.5 Å². The van der Waals surface area contributed by atoms with Gasteiger partial charge in [-0.05, 0) is 43.9 Å². The number of ether oxygens (including phenoxy) is 1. The van der Waals surface area contributed by atoms with Crippen LogP contribution in [-0.4, -0.2) is 32.2 Å². The Bertz CT molecular complexity index is 871. The molecule has 144 valence electrons. The molecule has 3 rings (SSSR count). The third-order valence-electron chi connectivity index (χ3n) is 4.87. The lowest BCUT2D eigenvalue weighted by Gasteiger charge is -2.34. The van der Waals surface area contributed by atoms with Gasteiger partial charge in [0, 0.05) is 24.7 Å². The Morgan fingerprint density at radius 2 is 2.00 bits per heavy atom. The summed E-state index contributed by atoms with van der Waals surface area (Å²) < 4.78 is 5.10. The number of hydrogen-bond acceptors (Lipinski definition) is 6. The Morgan fingerprint density at radius 1 is 1.26 bits per heavy atom. The van der Waals surface area contributed by atoms with Gasteiger partial charge in [0.25, 0.3) is 10.9 Å². The van der Waals surface area contributed by atoms with Crippen LogP contribution in [0.1, 0.15) is 25.3 Å². The number of piperidine rings is 1. The van der Waals surface area contributed by atoms with Crippen LogP contribution in [0.2, 0.25) is 5.02 Å². The molecule has 1 aliphatic heterocycles. The number of benzene rings is 1. The van der Waals surface area contributed by atoms with E-state index in [4.69, 9.17) is 16.3 Å². The quantitative estimate of drug-likeness (QED) is 0.578. The topological polar surface area (TPSA) is 75.7 Å². The van der Waals surface area contributed by atoms with Crippen molar-refractivity contribution < 1.29 is 9.53 Å². The van der Waals surface area contributed by atoms with Crippen molar-refractivity contribution in [1.29, 1.82) is 0 Å². The molecule has 1 aliphatic rings. The second-order valence-electron chi connectivity index (χ2n) is 6.72. The zero-order chi connectivity index (χ0) is 19.4. The number of carbonyl (C=O) groups excluding carboxylic acids is 1. The molecule has 2 aromatic carbocycles. The SMILES string of the molecule is CCOC(=O)[C@@H]1CCCN(c2c(NCCc3ccc(Cl)cc3)c(=O)c2=O)C1. The minimum absolute atomic E-state index is 0.238. The molecule has 0 aromatic heterocycles. The van der Waals surface area contributed by atoms with Gasteiger partial charge in [0.2, 0.25) is 0 Å². The normalized spacial score (nSPS) is 17.1. The molecule has 0 radical (unpaired) electrons. The number of nitrogens with one attached hydrogen (secondary N) is 1. The van der Waals surface area contributed by atoms with Gasteiger partial charge >= 0.3 is 5.97 Å². The van der Waals surface area contributed by atoms with E-state index in [9.17, 15) is 14.4 Å². The molecule has 0 aliphatic carbocycles. The zero-order valence-corrected chi connectivity index (χ0v) is 16.1. The van der Waals surface area contributed by atoms with Gasteiger partial charge < -0.3 is 15.0 Å². The molecule has 6 nitrogen and oxygen atoms in total. The van der Waals surface area contributed by atoms with Crippen molar-refractivity contribution in [1.82, 2.24) is 0 Å². The highest BCUT2D eigenvalue weighted by Gasteiger charge is 2.32. The molecule has 1 atom stereocenters. The van der Waals surface area contributed by atoms with E-state index in [-0.39, 0.29) is 11.9 Å². The maximum absolute atomic E-state index is 12.1. The first-order valence-corrected chi connectivity index (χ1v) is 9.62. The Kier molecular flexibility index (Phi) is 6.16. The van der Waals surface area contributed by atoms with E-state index in [0.717, 1.165) is 18.4 Å². The Labute approximate surface area is 162 Å². The Morgan fingerprint density at radius 3 is 2.70 bits per heavy atom. The van der Waals surface area contributed by atoms with Crippen LogP contribution in [0.3, 0.4) is 0 Å². The van der Waals surface area contributed by atoms with Crippen LogP contribution >= 0.6 is 11.6 Å². The molecule has 2 aromatic rings. The first kappa shape index (κ1) is 19.4. The zero-order valence-electron chi connectivity index (χ0n) is 15.3. The van der Waals surface area contributed by atoms with Gasteiger partial charge in [-0.15, -0.1) is 0 Å². The van der Waals surface area contributed by atoms with Gasteiger partial charge in [0.1, 0.15) is 11.4 Å². The first-order valence-electron chi connectivity index (χ1n) is 9.24. The number of esters is 1. The van der Waals surface area contributed by atoms with E-state index in [0.29, 0.717) is 49.1 Å². The van der Waals surface area contributed by atoms with Crippen molar-refractivity contribution in [2.45, 2.75) is 26.2 Å². The maximum Gasteiger partial charge on any atom is 0.310 e. The van der Waals surface area contributed by atoms with Crippen LogP contribution in [0, 0.1) is 5.92 Å². The lowest BCUT2D eigenvalue weighted by molar-refractivity contribution is -0.148. The van der Waals surface area contributed by atoms with Gasteiger partial charge in [0.15, 0.2) is 0 Å². The first-order chi connectivity index (χ1) is 13.0. The fraction of sp³-hybridized carbons (Fsp3) is 0.450. The molecule has 0 saturated carbocycles. The number of nitrogens with zero attached hydrogens (tertiary/aromatic N) is 1. The molecule has 1 N–H and O–H groups in total. The third-order valence-corrected chi connectivity index (χ3v) is 5.12. The molecule has 7 heteroatoms. The fourth-order valence-corrected chi connectivity index (χ4v) is 3.59. The number of hydrogen-bond donors (Lipinski definition) is 1. The van der Waals surface area contributed by atoms with Crippen molar-refractivity contribution in [3.05, 3.63) is 55.3 Å². The lowest BCUT2D eigenvalue weighted by atomic mass is 9.96. The number of halogens is 1. The maximum atomic E-state index is 12.1. The second kappa shape index (κ2) is 8.57. The number of anilines is 2. The van der Waals surface area contributed by atoms with Crippen molar-refractivity contribution in [3.63, 3.8) is 0 Å². The number of carbonyl (C=O) groups is 1. The largest absolute Gasteiger partial charge is 0.466 e. The van der Waals surface area contributed by atoms with Crippen LogP contribution in [0.5, 0.6) is 0 Å². The Hall–Kier alpha value is -2.34. The van der Waals surface area contributed by atoms with Crippen molar-refractivity contribution in [2.24, 2.45) is 5.92 Å². The third kappa shape index (κ3) is 4.33. The van der Waals surface area contributed by atoms with Crippen LogP contribution in [0.4, 0.5) is 11.4 Å².